The Hall–Kier alpha value is -2.81. The maximum absolute atomic E-state index is 13.2. The molecule has 0 fully saturated rings. The number of fused-ring (bicyclic) bond motifs is 2. The number of halogens is 3. The lowest BCUT2D eigenvalue weighted by atomic mass is 10.1. The van der Waals surface area contributed by atoms with Crippen molar-refractivity contribution < 1.29 is 22.8 Å². The third kappa shape index (κ3) is 3.26. The van der Waals surface area contributed by atoms with Crippen LogP contribution in [0.25, 0.3) is 0 Å². The van der Waals surface area contributed by atoms with Gasteiger partial charge in [-0.05, 0) is 37.3 Å². The molecule has 9 heteroatoms. The molecule has 2 heterocycles. The van der Waals surface area contributed by atoms with Crippen molar-refractivity contribution >= 4 is 40.7 Å². The van der Waals surface area contributed by atoms with Gasteiger partial charge in [-0.3, -0.25) is 14.5 Å². The van der Waals surface area contributed by atoms with E-state index < -0.39 is 17.6 Å². The van der Waals surface area contributed by atoms with Gasteiger partial charge in [0.1, 0.15) is 6.54 Å². The molecular weight excluding hydrogens is 391 g/mol. The van der Waals surface area contributed by atoms with Gasteiger partial charge >= 0.3 is 6.18 Å². The number of alkyl halides is 3. The van der Waals surface area contributed by atoms with Gasteiger partial charge in [0, 0.05) is 15.5 Å². The van der Waals surface area contributed by atoms with Crippen LogP contribution in [0.15, 0.2) is 57.4 Å². The van der Waals surface area contributed by atoms with E-state index in [0.717, 1.165) is 22.0 Å². The van der Waals surface area contributed by atoms with Crippen molar-refractivity contribution in [3.8, 4) is 0 Å². The normalized spacial score (nSPS) is 16.0. The molecule has 0 saturated heterocycles. The Morgan fingerprint density at radius 2 is 1.86 bits per heavy atom. The quantitative estimate of drug-likeness (QED) is 0.742. The van der Waals surface area contributed by atoms with E-state index >= 15 is 0 Å². The second kappa shape index (κ2) is 6.66. The highest BCUT2D eigenvalue weighted by Gasteiger charge is 2.36. The van der Waals surface area contributed by atoms with Gasteiger partial charge in [-0.2, -0.15) is 18.3 Å². The predicted molar refractivity (Wildman–Crippen MR) is 98.6 cm³/mol. The molecule has 28 heavy (non-hydrogen) atoms. The van der Waals surface area contributed by atoms with Crippen molar-refractivity contribution in [2.45, 2.75) is 29.3 Å². The molecule has 0 aromatic heterocycles. The monoisotopic (exact) mass is 405 g/mol. The summed E-state index contributed by atoms with van der Waals surface area (Å²) in [4.78, 5) is 27.6. The molecule has 2 aromatic rings. The van der Waals surface area contributed by atoms with Gasteiger partial charge in [-0.1, -0.05) is 23.9 Å². The van der Waals surface area contributed by atoms with Crippen molar-refractivity contribution in [2.75, 3.05) is 11.4 Å². The summed E-state index contributed by atoms with van der Waals surface area (Å²) in [5.74, 6) is -0.838. The Morgan fingerprint density at radius 3 is 2.54 bits per heavy atom. The summed E-state index contributed by atoms with van der Waals surface area (Å²) < 4.78 is 39.7. The molecule has 144 valence electrons. The SMILES string of the molecule is CC1=NN(CC(=O)N2c3ccccc3Sc3ccc(C(F)(F)F)cc32)C(=O)C1. The fourth-order valence-corrected chi connectivity index (χ4v) is 4.17. The zero-order chi connectivity index (χ0) is 20.1. The third-order valence-electron chi connectivity index (χ3n) is 4.37. The zero-order valence-electron chi connectivity index (χ0n) is 14.7. The largest absolute Gasteiger partial charge is 0.416 e. The minimum atomic E-state index is -4.53. The lowest BCUT2D eigenvalue weighted by Crippen LogP contribution is -2.38. The first-order valence-corrected chi connectivity index (χ1v) is 9.21. The average Bonchev–Trinajstić information content (AvgIpc) is 2.95. The number of anilines is 2. The van der Waals surface area contributed by atoms with Crippen molar-refractivity contribution in [3.63, 3.8) is 0 Å². The van der Waals surface area contributed by atoms with Crippen molar-refractivity contribution in [3.05, 3.63) is 48.0 Å². The van der Waals surface area contributed by atoms with Crippen molar-refractivity contribution in [1.82, 2.24) is 5.01 Å². The maximum atomic E-state index is 13.2. The van der Waals surface area contributed by atoms with Gasteiger partial charge in [0.25, 0.3) is 5.91 Å². The Morgan fingerprint density at radius 1 is 1.14 bits per heavy atom. The molecule has 4 rings (SSSR count). The first kappa shape index (κ1) is 18.5. The summed E-state index contributed by atoms with van der Waals surface area (Å²) in [5, 5.41) is 5.11. The highest BCUT2D eigenvalue weighted by Crippen LogP contribution is 2.49. The van der Waals surface area contributed by atoms with Crippen molar-refractivity contribution in [1.29, 1.82) is 0 Å². The first-order valence-electron chi connectivity index (χ1n) is 8.39. The second-order valence-electron chi connectivity index (χ2n) is 6.44. The van der Waals surface area contributed by atoms with Crippen LogP contribution >= 0.6 is 11.8 Å². The number of rotatable bonds is 2. The van der Waals surface area contributed by atoms with Gasteiger partial charge < -0.3 is 0 Å². The molecular formula is C19H14F3N3O2S. The van der Waals surface area contributed by atoms with Crippen LogP contribution in [0.2, 0.25) is 0 Å². The van der Waals surface area contributed by atoms with E-state index in [4.69, 9.17) is 0 Å². The molecule has 2 amide bonds. The number of carbonyl (C=O) groups is 2. The molecule has 0 N–H and O–H groups in total. The van der Waals surface area contributed by atoms with E-state index in [1.807, 2.05) is 0 Å². The Balaban J connectivity index is 1.77. The summed E-state index contributed by atoms with van der Waals surface area (Å²) in [6.45, 7) is 1.34. The molecule has 0 aliphatic carbocycles. The summed E-state index contributed by atoms with van der Waals surface area (Å²) in [7, 11) is 0. The number of benzene rings is 2. The third-order valence-corrected chi connectivity index (χ3v) is 5.50. The number of nitrogens with zero attached hydrogens (tertiary/aromatic N) is 3. The maximum Gasteiger partial charge on any atom is 0.416 e. The highest BCUT2D eigenvalue weighted by atomic mass is 32.2. The van der Waals surface area contributed by atoms with Gasteiger partial charge in [-0.15, -0.1) is 0 Å². The molecule has 0 unspecified atom stereocenters. The van der Waals surface area contributed by atoms with E-state index in [9.17, 15) is 22.8 Å². The second-order valence-corrected chi connectivity index (χ2v) is 7.53. The summed E-state index contributed by atoms with van der Waals surface area (Å²) in [6.07, 6.45) is -4.40. The molecule has 0 saturated carbocycles. The number of para-hydroxylation sites is 1. The Bertz CT molecular complexity index is 1020. The topological polar surface area (TPSA) is 53.0 Å². The summed E-state index contributed by atoms with van der Waals surface area (Å²) in [5.41, 5.74) is 0.384. The van der Waals surface area contributed by atoms with E-state index in [1.54, 1.807) is 31.2 Å². The number of hydrazone groups is 1. The fraction of sp³-hybridized carbons (Fsp3) is 0.211. The van der Waals surface area contributed by atoms with Crippen molar-refractivity contribution in [2.24, 2.45) is 5.10 Å². The number of carbonyl (C=O) groups excluding carboxylic acids is 2. The van der Waals surface area contributed by atoms with Crippen LogP contribution in [-0.4, -0.2) is 29.1 Å². The molecule has 0 spiro atoms. The smallest absolute Gasteiger partial charge is 0.277 e. The molecule has 2 aliphatic rings. The van der Waals surface area contributed by atoms with E-state index in [1.165, 1.54) is 22.7 Å². The minimum Gasteiger partial charge on any atom is -0.277 e. The molecule has 2 aromatic carbocycles. The number of hydrogen-bond donors (Lipinski definition) is 0. The van der Waals surface area contributed by atoms with Crippen LogP contribution in [0.5, 0.6) is 0 Å². The standard InChI is InChI=1S/C19H14F3N3O2S/c1-11-8-17(26)24(23-11)10-18(27)25-13-4-2-3-5-15(13)28-16-7-6-12(9-14(16)25)19(20,21)22/h2-7,9H,8,10H2,1H3. The predicted octanol–water partition coefficient (Wildman–Crippen LogP) is 4.44. The van der Waals surface area contributed by atoms with Gasteiger partial charge in [-0.25, -0.2) is 5.01 Å². The van der Waals surface area contributed by atoms with E-state index in [-0.39, 0.29) is 24.6 Å². The average molecular weight is 405 g/mol. The summed E-state index contributed by atoms with van der Waals surface area (Å²) in [6, 6.07) is 10.3. The van der Waals surface area contributed by atoms with Gasteiger partial charge in [0.2, 0.25) is 5.91 Å². The van der Waals surface area contributed by atoms with Crippen LogP contribution in [0.1, 0.15) is 18.9 Å². The molecule has 2 aliphatic heterocycles. The number of hydrogen-bond acceptors (Lipinski definition) is 4. The van der Waals surface area contributed by atoms with Crippen LogP contribution < -0.4 is 4.90 Å². The van der Waals surface area contributed by atoms with Gasteiger partial charge in [0.15, 0.2) is 0 Å². The van der Waals surface area contributed by atoms with Crippen LogP contribution in [0.3, 0.4) is 0 Å². The Labute approximate surface area is 162 Å². The molecule has 5 nitrogen and oxygen atoms in total. The van der Waals surface area contributed by atoms with Crippen LogP contribution in [0.4, 0.5) is 24.5 Å². The number of amides is 2. The molecule has 0 atom stereocenters. The molecule has 0 bridgehead atoms. The van der Waals surface area contributed by atoms with Gasteiger partial charge in [0.05, 0.1) is 23.4 Å². The summed E-state index contributed by atoms with van der Waals surface area (Å²) >= 11 is 1.30. The van der Waals surface area contributed by atoms with Crippen LogP contribution in [0, 0.1) is 0 Å². The fourth-order valence-electron chi connectivity index (χ4n) is 3.13. The van der Waals surface area contributed by atoms with E-state index in [2.05, 4.69) is 5.10 Å². The first-order chi connectivity index (χ1) is 13.2. The zero-order valence-corrected chi connectivity index (χ0v) is 15.5. The van der Waals surface area contributed by atoms with Crippen LogP contribution in [-0.2, 0) is 15.8 Å². The lowest BCUT2D eigenvalue weighted by Gasteiger charge is -2.32. The Kier molecular flexibility index (Phi) is 4.41. The van der Waals surface area contributed by atoms with E-state index in [0.29, 0.717) is 16.3 Å². The lowest BCUT2D eigenvalue weighted by molar-refractivity contribution is -0.137. The molecule has 0 radical (unpaired) electrons. The minimum absolute atomic E-state index is 0.133. The highest BCUT2D eigenvalue weighted by molar-refractivity contribution is 7.99.